The van der Waals surface area contributed by atoms with Crippen LogP contribution in [0.5, 0.6) is 0 Å². The summed E-state index contributed by atoms with van der Waals surface area (Å²) < 4.78 is 10.2. The first kappa shape index (κ1) is 20.3. The molecule has 0 radical (unpaired) electrons. The molecule has 0 atom stereocenters. The van der Waals surface area contributed by atoms with E-state index in [9.17, 15) is 14.4 Å². The average Bonchev–Trinajstić information content (AvgIpc) is 3.41. The van der Waals surface area contributed by atoms with Crippen molar-refractivity contribution in [1.29, 1.82) is 0 Å². The molecule has 0 saturated heterocycles. The second-order valence-corrected chi connectivity index (χ2v) is 6.97. The van der Waals surface area contributed by atoms with Gasteiger partial charge in [0.25, 0.3) is 11.8 Å². The van der Waals surface area contributed by atoms with Gasteiger partial charge in [0.15, 0.2) is 5.76 Å². The minimum atomic E-state index is -0.480. The lowest BCUT2D eigenvalue weighted by Crippen LogP contribution is -2.31. The Bertz CT molecular complexity index is 1010. The summed E-state index contributed by atoms with van der Waals surface area (Å²) >= 11 is 1.15. The Balaban J connectivity index is 1.82. The van der Waals surface area contributed by atoms with Gasteiger partial charge in [-0.2, -0.15) is 0 Å². The van der Waals surface area contributed by atoms with Crippen molar-refractivity contribution in [2.45, 2.75) is 13.8 Å². The predicted octanol–water partition coefficient (Wildman–Crippen LogP) is 4.44. The van der Waals surface area contributed by atoms with Gasteiger partial charge in [-0.1, -0.05) is 12.1 Å². The number of nitrogens with zero attached hydrogens (tertiary/aromatic N) is 1. The maximum atomic E-state index is 13.1. The van der Waals surface area contributed by atoms with Crippen molar-refractivity contribution < 1.29 is 23.5 Å². The molecule has 0 fully saturated rings. The molecule has 2 aromatic heterocycles. The average molecular weight is 412 g/mol. The number of benzene rings is 1. The number of anilines is 2. The van der Waals surface area contributed by atoms with E-state index >= 15 is 0 Å². The van der Waals surface area contributed by atoms with Crippen LogP contribution >= 0.6 is 11.3 Å². The quantitative estimate of drug-likeness (QED) is 0.580. The summed E-state index contributed by atoms with van der Waals surface area (Å²) in [6.07, 6.45) is 1.42. The van der Waals surface area contributed by atoms with Crippen LogP contribution in [0.25, 0.3) is 0 Å². The monoisotopic (exact) mass is 412 g/mol. The highest BCUT2D eigenvalue weighted by Gasteiger charge is 2.23. The van der Waals surface area contributed by atoms with Crippen LogP contribution in [0.2, 0.25) is 0 Å². The lowest BCUT2D eigenvalue weighted by molar-refractivity contribution is 0.0527. The van der Waals surface area contributed by atoms with Crippen molar-refractivity contribution in [3.05, 3.63) is 71.0 Å². The van der Waals surface area contributed by atoms with Gasteiger partial charge in [0.1, 0.15) is 0 Å². The van der Waals surface area contributed by atoms with Gasteiger partial charge in [-0.15, -0.1) is 11.3 Å². The van der Waals surface area contributed by atoms with E-state index in [0.29, 0.717) is 27.7 Å². The second-order valence-electron chi connectivity index (χ2n) is 5.88. The number of rotatable bonds is 7. The number of carbonyl (C=O) groups is 3. The number of hydrogen-bond acceptors (Lipinski definition) is 6. The second kappa shape index (κ2) is 9.20. The van der Waals surface area contributed by atoms with E-state index in [1.807, 2.05) is 6.92 Å². The van der Waals surface area contributed by atoms with Crippen molar-refractivity contribution in [1.82, 2.24) is 0 Å². The van der Waals surface area contributed by atoms with E-state index < -0.39 is 11.9 Å². The SMILES string of the molecule is CCOC(=O)c1ccccc1N(CC)C(=O)c1ccc(NC(=O)c2ccco2)s1. The summed E-state index contributed by atoms with van der Waals surface area (Å²) in [6, 6.07) is 13.3. The number of carbonyl (C=O) groups excluding carboxylic acids is 3. The number of hydrogen-bond donors (Lipinski definition) is 1. The Labute approximate surface area is 171 Å². The number of amides is 2. The Hall–Kier alpha value is -3.39. The van der Waals surface area contributed by atoms with E-state index in [-0.39, 0.29) is 18.3 Å². The molecule has 2 amide bonds. The Kier molecular flexibility index (Phi) is 6.46. The molecule has 0 unspecified atom stereocenters. The highest BCUT2D eigenvalue weighted by Crippen LogP contribution is 2.28. The molecule has 29 heavy (non-hydrogen) atoms. The zero-order valence-corrected chi connectivity index (χ0v) is 16.8. The molecule has 0 aliphatic carbocycles. The summed E-state index contributed by atoms with van der Waals surface area (Å²) in [7, 11) is 0. The van der Waals surface area contributed by atoms with Crippen LogP contribution in [0.3, 0.4) is 0 Å². The Morgan fingerprint density at radius 1 is 1.07 bits per heavy atom. The fourth-order valence-corrected chi connectivity index (χ4v) is 3.60. The third-order valence-electron chi connectivity index (χ3n) is 4.05. The molecule has 0 aliphatic rings. The number of para-hydroxylation sites is 1. The lowest BCUT2D eigenvalue weighted by Gasteiger charge is -2.22. The number of furan rings is 1. The maximum Gasteiger partial charge on any atom is 0.340 e. The topological polar surface area (TPSA) is 88.9 Å². The van der Waals surface area contributed by atoms with E-state index in [2.05, 4.69) is 5.32 Å². The first-order chi connectivity index (χ1) is 14.0. The highest BCUT2D eigenvalue weighted by molar-refractivity contribution is 7.18. The normalized spacial score (nSPS) is 10.4. The third kappa shape index (κ3) is 4.55. The van der Waals surface area contributed by atoms with Crippen molar-refractivity contribution in [3.63, 3.8) is 0 Å². The number of thiophene rings is 1. The van der Waals surface area contributed by atoms with E-state index in [4.69, 9.17) is 9.15 Å². The van der Waals surface area contributed by atoms with Crippen LogP contribution in [0.15, 0.2) is 59.2 Å². The summed E-state index contributed by atoms with van der Waals surface area (Å²) in [5, 5.41) is 3.22. The van der Waals surface area contributed by atoms with Crippen LogP contribution in [-0.4, -0.2) is 30.9 Å². The number of ether oxygens (including phenoxy) is 1. The summed E-state index contributed by atoms with van der Waals surface area (Å²) in [4.78, 5) is 39.4. The molecule has 1 N–H and O–H groups in total. The molecule has 3 rings (SSSR count). The van der Waals surface area contributed by atoms with Crippen LogP contribution in [0, 0.1) is 0 Å². The standard InChI is InChI=1S/C21H20N2O5S/c1-3-23(15-9-6-5-8-14(15)21(26)27-4-2)20(25)17-11-12-18(29-17)22-19(24)16-10-7-13-28-16/h5-13H,3-4H2,1-2H3,(H,22,24). The maximum absolute atomic E-state index is 13.1. The molecule has 0 bridgehead atoms. The summed E-state index contributed by atoms with van der Waals surface area (Å²) in [6.45, 7) is 4.17. The molecule has 0 spiro atoms. The number of nitrogens with one attached hydrogen (secondary N) is 1. The molecular formula is C21H20N2O5S. The van der Waals surface area contributed by atoms with Gasteiger partial charge in [0, 0.05) is 6.54 Å². The first-order valence-corrected chi connectivity index (χ1v) is 9.89. The van der Waals surface area contributed by atoms with Gasteiger partial charge < -0.3 is 19.4 Å². The summed E-state index contributed by atoms with van der Waals surface area (Å²) in [5.41, 5.74) is 0.806. The van der Waals surface area contributed by atoms with Gasteiger partial charge >= 0.3 is 5.97 Å². The molecule has 8 heteroatoms. The fourth-order valence-electron chi connectivity index (χ4n) is 2.75. The minimum absolute atomic E-state index is 0.185. The minimum Gasteiger partial charge on any atom is -0.462 e. The smallest absolute Gasteiger partial charge is 0.340 e. The third-order valence-corrected chi connectivity index (χ3v) is 5.04. The van der Waals surface area contributed by atoms with Gasteiger partial charge in [0.2, 0.25) is 0 Å². The van der Waals surface area contributed by atoms with Crippen molar-refractivity contribution >= 4 is 39.8 Å². The Morgan fingerprint density at radius 2 is 1.86 bits per heavy atom. The van der Waals surface area contributed by atoms with E-state index in [1.54, 1.807) is 55.5 Å². The fraction of sp³-hybridized carbons (Fsp3) is 0.190. The molecule has 150 valence electrons. The van der Waals surface area contributed by atoms with Crippen LogP contribution in [-0.2, 0) is 4.74 Å². The van der Waals surface area contributed by atoms with E-state index in [0.717, 1.165) is 11.3 Å². The van der Waals surface area contributed by atoms with Gasteiger partial charge in [-0.05, 0) is 50.2 Å². The molecule has 7 nitrogen and oxygen atoms in total. The first-order valence-electron chi connectivity index (χ1n) is 9.07. The Morgan fingerprint density at radius 3 is 2.55 bits per heavy atom. The van der Waals surface area contributed by atoms with Gasteiger partial charge in [-0.3, -0.25) is 9.59 Å². The molecule has 2 heterocycles. The lowest BCUT2D eigenvalue weighted by atomic mass is 10.1. The molecule has 1 aromatic carbocycles. The highest BCUT2D eigenvalue weighted by atomic mass is 32.1. The number of esters is 1. The van der Waals surface area contributed by atoms with Crippen molar-refractivity contribution in [2.75, 3.05) is 23.4 Å². The van der Waals surface area contributed by atoms with Crippen LogP contribution < -0.4 is 10.2 Å². The zero-order valence-electron chi connectivity index (χ0n) is 16.0. The van der Waals surface area contributed by atoms with Crippen molar-refractivity contribution in [2.24, 2.45) is 0 Å². The van der Waals surface area contributed by atoms with Gasteiger partial charge in [0.05, 0.1) is 34.0 Å². The molecular weight excluding hydrogens is 392 g/mol. The predicted molar refractivity (Wildman–Crippen MR) is 111 cm³/mol. The largest absolute Gasteiger partial charge is 0.462 e. The van der Waals surface area contributed by atoms with Gasteiger partial charge in [-0.25, -0.2) is 4.79 Å². The molecule has 0 aliphatic heterocycles. The van der Waals surface area contributed by atoms with Crippen LogP contribution in [0.4, 0.5) is 10.7 Å². The molecule has 0 saturated carbocycles. The molecule has 3 aromatic rings. The zero-order chi connectivity index (χ0) is 20.8. The van der Waals surface area contributed by atoms with Crippen molar-refractivity contribution in [3.8, 4) is 0 Å². The summed E-state index contributed by atoms with van der Waals surface area (Å²) in [5.74, 6) is -0.958. The van der Waals surface area contributed by atoms with E-state index in [1.165, 1.54) is 11.2 Å². The van der Waals surface area contributed by atoms with Crippen LogP contribution in [0.1, 0.15) is 44.4 Å².